The molecule has 5 heteroatoms. The van der Waals surface area contributed by atoms with E-state index in [1.165, 1.54) is 25.7 Å². The van der Waals surface area contributed by atoms with E-state index in [2.05, 4.69) is 21.6 Å². The Morgan fingerprint density at radius 3 is 2.23 bits per heavy atom. The van der Waals surface area contributed by atoms with Crippen molar-refractivity contribution in [2.75, 3.05) is 59.0 Å². The van der Waals surface area contributed by atoms with Crippen LogP contribution in [0.5, 0.6) is 0 Å². The lowest BCUT2D eigenvalue weighted by atomic mass is 10.2. The molecule has 0 N–H and O–H groups in total. The van der Waals surface area contributed by atoms with Crippen molar-refractivity contribution in [1.82, 2.24) is 14.7 Å². The molecule has 2 rings (SSSR count). The van der Waals surface area contributed by atoms with Gasteiger partial charge in [-0.25, -0.2) is 0 Å². The van der Waals surface area contributed by atoms with E-state index in [0.717, 1.165) is 59.0 Å². The summed E-state index contributed by atoms with van der Waals surface area (Å²) < 4.78 is 5.42. The average molecular weight is 311 g/mol. The summed E-state index contributed by atoms with van der Waals surface area (Å²) in [6.45, 7) is 12.7. The number of nitrogens with zero attached hydrogens (tertiary/aromatic N) is 3. The zero-order valence-electron chi connectivity index (χ0n) is 14.4. The Morgan fingerprint density at radius 1 is 1.00 bits per heavy atom. The van der Waals surface area contributed by atoms with Crippen LogP contribution in [0, 0.1) is 0 Å². The Hall–Kier alpha value is -0.650. The van der Waals surface area contributed by atoms with Crippen molar-refractivity contribution in [3.8, 4) is 0 Å². The first kappa shape index (κ1) is 17.7. The van der Waals surface area contributed by atoms with Crippen LogP contribution in [0.25, 0.3) is 0 Å². The largest absolute Gasteiger partial charge is 0.380 e. The number of carbonyl (C=O) groups excluding carboxylic acids is 1. The standard InChI is InChI=1S/C17H33N3O2/c1-3-22-15-14-18-10-12-19(13-11-18)16(2)17(21)20-8-6-4-5-7-9-20/h16H,3-15H2,1-2H3/t16-/m1/s1. The topological polar surface area (TPSA) is 36.0 Å². The Kier molecular flexibility index (Phi) is 7.63. The summed E-state index contributed by atoms with van der Waals surface area (Å²) in [4.78, 5) is 19.6. The van der Waals surface area contributed by atoms with Crippen LogP contribution in [0.1, 0.15) is 39.5 Å². The fraction of sp³-hybridized carbons (Fsp3) is 0.941. The second-order valence-electron chi connectivity index (χ2n) is 6.49. The molecule has 0 bridgehead atoms. The summed E-state index contributed by atoms with van der Waals surface area (Å²) in [5, 5.41) is 0. The number of hydrogen-bond donors (Lipinski definition) is 0. The summed E-state index contributed by atoms with van der Waals surface area (Å²) in [6, 6.07) is 0.0344. The van der Waals surface area contributed by atoms with Crippen molar-refractivity contribution >= 4 is 5.91 Å². The highest BCUT2D eigenvalue weighted by Gasteiger charge is 2.28. The number of carbonyl (C=O) groups is 1. The van der Waals surface area contributed by atoms with Crippen LogP contribution in [0.2, 0.25) is 0 Å². The highest BCUT2D eigenvalue weighted by atomic mass is 16.5. The molecule has 1 atom stereocenters. The first-order valence-electron chi connectivity index (χ1n) is 9.05. The Balaban J connectivity index is 1.73. The molecule has 2 heterocycles. The SMILES string of the molecule is CCOCCN1CCN([C@H](C)C(=O)N2CCCCCC2)CC1. The lowest BCUT2D eigenvalue weighted by Crippen LogP contribution is -2.55. The molecule has 2 fully saturated rings. The summed E-state index contributed by atoms with van der Waals surface area (Å²) in [7, 11) is 0. The number of ether oxygens (including phenoxy) is 1. The second-order valence-corrected chi connectivity index (χ2v) is 6.49. The minimum absolute atomic E-state index is 0.0344. The highest BCUT2D eigenvalue weighted by molar-refractivity contribution is 5.81. The molecule has 5 nitrogen and oxygen atoms in total. The monoisotopic (exact) mass is 311 g/mol. The molecule has 0 aromatic carbocycles. The fourth-order valence-electron chi connectivity index (χ4n) is 3.42. The molecule has 22 heavy (non-hydrogen) atoms. The van der Waals surface area contributed by atoms with Gasteiger partial charge in [0.15, 0.2) is 0 Å². The van der Waals surface area contributed by atoms with E-state index in [-0.39, 0.29) is 6.04 Å². The highest BCUT2D eigenvalue weighted by Crippen LogP contribution is 2.14. The summed E-state index contributed by atoms with van der Waals surface area (Å²) in [5.74, 6) is 0.338. The first-order chi connectivity index (χ1) is 10.7. The predicted molar refractivity (Wildman–Crippen MR) is 89.0 cm³/mol. The second kappa shape index (κ2) is 9.48. The van der Waals surface area contributed by atoms with Crippen molar-refractivity contribution in [3.05, 3.63) is 0 Å². The zero-order valence-corrected chi connectivity index (χ0v) is 14.4. The maximum atomic E-state index is 12.7. The van der Waals surface area contributed by atoms with Crippen molar-refractivity contribution in [2.24, 2.45) is 0 Å². The molecule has 0 aromatic heterocycles. The van der Waals surface area contributed by atoms with Crippen molar-refractivity contribution in [1.29, 1.82) is 0 Å². The lowest BCUT2D eigenvalue weighted by Gasteiger charge is -2.38. The van der Waals surface area contributed by atoms with Gasteiger partial charge in [0.1, 0.15) is 0 Å². The lowest BCUT2D eigenvalue weighted by molar-refractivity contribution is -0.137. The van der Waals surface area contributed by atoms with Gasteiger partial charge in [0.25, 0.3) is 0 Å². The molecular weight excluding hydrogens is 278 g/mol. The molecule has 2 aliphatic heterocycles. The van der Waals surface area contributed by atoms with Gasteiger partial charge in [0.05, 0.1) is 12.6 Å². The third kappa shape index (κ3) is 5.21. The Morgan fingerprint density at radius 2 is 1.64 bits per heavy atom. The molecular formula is C17H33N3O2. The number of rotatable bonds is 6. The van der Waals surface area contributed by atoms with E-state index in [1.807, 2.05) is 6.92 Å². The normalized spacial score (nSPS) is 23.3. The van der Waals surface area contributed by atoms with Crippen LogP contribution in [0.4, 0.5) is 0 Å². The van der Waals surface area contributed by atoms with Gasteiger partial charge in [-0.1, -0.05) is 12.8 Å². The molecule has 2 saturated heterocycles. The minimum Gasteiger partial charge on any atom is -0.380 e. The van der Waals surface area contributed by atoms with Gasteiger partial charge in [0.2, 0.25) is 5.91 Å². The Labute approximate surface area is 135 Å². The first-order valence-corrected chi connectivity index (χ1v) is 9.05. The van der Waals surface area contributed by atoms with Crippen molar-refractivity contribution in [2.45, 2.75) is 45.6 Å². The van der Waals surface area contributed by atoms with Gasteiger partial charge in [0, 0.05) is 52.4 Å². The van der Waals surface area contributed by atoms with E-state index in [0.29, 0.717) is 5.91 Å². The van der Waals surface area contributed by atoms with Gasteiger partial charge in [-0.05, 0) is 26.7 Å². The fourth-order valence-corrected chi connectivity index (χ4v) is 3.42. The summed E-state index contributed by atoms with van der Waals surface area (Å²) >= 11 is 0. The van der Waals surface area contributed by atoms with E-state index in [9.17, 15) is 4.79 Å². The molecule has 128 valence electrons. The van der Waals surface area contributed by atoms with Crippen LogP contribution in [0.3, 0.4) is 0 Å². The quantitative estimate of drug-likeness (QED) is 0.695. The van der Waals surface area contributed by atoms with Crippen molar-refractivity contribution < 1.29 is 9.53 Å². The van der Waals surface area contributed by atoms with Crippen LogP contribution in [0.15, 0.2) is 0 Å². The van der Waals surface area contributed by atoms with Crippen molar-refractivity contribution in [3.63, 3.8) is 0 Å². The maximum Gasteiger partial charge on any atom is 0.239 e. The Bertz CT molecular complexity index is 322. The molecule has 1 amide bonds. The summed E-state index contributed by atoms with van der Waals surface area (Å²) in [6.07, 6.45) is 4.89. The predicted octanol–water partition coefficient (Wildman–Crippen LogP) is 1.43. The van der Waals surface area contributed by atoms with Gasteiger partial charge < -0.3 is 9.64 Å². The van der Waals surface area contributed by atoms with Gasteiger partial charge in [-0.3, -0.25) is 14.6 Å². The van der Waals surface area contributed by atoms with Gasteiger partial charge >= 0.3 is 0 Å². The number of hydrogen-bond acceptors (Lipinski definition) is 4. The van der Waals surface area contributed by atoms with Gasteiger partial charge in [-0.2, -0.15) is 0 Å². The summed E-state index contributed by atoms with van der Waals surface area (Å²) in [5.41, 5.74) is 0. The van der Waals surface area contributed by atoms with E-state index in [4.69, 9.17) is 4.74 Å². The van der Waals surface area contributed by atoms with Crippen LogP contribution >= 0.6 is 0 Å². The molecule has 2 aliphatic rings. The smallest absolute Gasteiger partial charge is 0.239 e. The van der Waals surface area contributed by atoms with Crippen LogP contribution in [-0.2, 0) is 9.53 Å². The zero-order chi connectivity index (χ0) is 15.8. The average Bonchev–Trinajstić information content (AvgIpc) is 2.84. The number of amides is 1. The molecule has 0 radical (unpaired) electrons. The number of likely N-dealkylation sites (tertiary alicyclic amines) is 1. The van der Waals surface area contributed by atoms with Gasteiger partial charge in [-0.15, -0.1) is 0 Å². The molecule has 0 saturated carbocycles. The molecule has 0 aliphatic carbocycles. The minimum atomic E-state index is 0.0344. The number of piperazine rings is 1. The third-order valence-electron chi connectivity index (χ3n) is 4.99. The van der Waals surface area contributed by atoms with E-state index in [1.54, 1.807) is 0 Å². The molecule has 0 unspecified atom stereocenters. The van der Waals surface area contributed by atoms with Crippen LogP contribution in [-0.4, -0.2) is 85.7 Å². The van der Waals surface area contributed by atoms with Crippen LogP contribution < -0.4 is 0 Å². The van der Waals surface area contributed by atoms with E-state index < -0.39 is 0 Å². The third-order valence-corrected chi connectivity index (χ3v) is 4.99. The maximum absolute atomic E-state index is 12.7. The van der Waals surface area contributed by atoms with E-state index >= 15 is 0 Å². The molecule has 0 spiro atoms. The molecule has 0 aromatic rings.